The minimum Gasteiger partial charge on any atom is -0.261 e. The predicted octanol–water partition coefficient (Wildman–Crippen LogP) is 5.58. The highest BCUT2D eigenvalue weighted by atomic mass is 14.7. The van der Waals surface area contributed by atoms with Crippen LogP contribution >= 0.6 is 0 Å². The first-order valence-electron chi connectivity index (χ1n) is 8.91. The van der Waals surface area contributed by atoms with Crippen molar-refractivity contribution >= 4 is 0 Å². The minimum absolute atomic E-state index is 0.928. The summed E-state index contributed by atoms with van der Waals surface area (Å²) in [5.74, 6) is 0. The number of aryl methyl sites for hydroxylation is 4. The Bertz CT molecular complexity index is 735. The van der Waals surface area contributed by atoms with Gasteiger partial charge in [0, 0.05) is 23.8 Å². The highest BCUT2D eigenvalue weighted by Crippen LogP contribution is 2.12. The lowest BCUT2D eigenvalue weighted by molar-refractivity contribution is 0.868. The summed E-state index contributed by atoms with van der Waals surface area (Å²) < 4.78 is 0. The molecule has 0 aromatic carbocycles. The van der Waals surface area contributed by atoms with E-state index in [1.165, 1.54) is 16.7 Å². The summed E-state index contributed by atoms with van der Waals surface area (Å²) in [5.41, 5.74) is 7.13. The fourth-order valence-corrected chi connectivity index (χ4v) is 2.52. The first-order valence-corrected chi connectivity index (χ1v) is 8.91. The molecule has 0 amide bonds. The Hall–Kier alpha value is -2.48. The van der Waals surface area contributed by atoms with Gasteiger partial charge in [0.1, 0.15) is 0 Å². The number of allylic oxidation sites excluding steroid dienone is 5. The van der Waals surface area contributed by atoms with Crippen LogP contribution < -0.4 is 0 Å². The molecule has 0 spiro atoms. The van der Waals surface area contributed by atoms with Gasteiger partial charge >= 0.3 is 0 Å². The van der Waals surface area contributed by atoms with Gasteiger partial charge < -0.3 is 0 Å². The van der Waals surface area contributed by atoms with Crippen molar-refractivity contribution in [2.24, 2.45) is 0 Å². The molecule has 2 aromatic rings. The average molecular weight is 332 g/mol. The second kappa shape index (κ2) is 9.73. The number of pyridine rings is 2. The summed E-state index contributed by atoms with van der Waals surface area (Å²) in [6.07, 6.45) is 14.2. The molecule has 0 saturated carbocycles. The van der Waals surface area contributed by atoms with E-state index in [0.29, 0.717) is 0 Å². The van der Waals surface area contributed by atoms with Crippen molar-refractivity contribution in [3.8, 4) is 0 Å². The van der Waals surface area contributed by atoms with E-state index in [4.69, 9.17) is 0 Å². The molecule has 2 aromatic heterocycles. The SMILES string of the molecule is C=C(C)C=CC(=CC)CCc1ccc(CCc2ccc(C)cn2)nc1. The van der Waals surface area contributed by atoms with Crippen molar-refractivity contribution in [3.63, 3.8) is 0 Å². The molecule has 0 fully saturated rings. The second-order valence-electron chi connectivity index (χ2n) is 6.53. The molecule has 0 bridgehead atoms. The van der Waals surface area contributed by atoms with Crippen molar-refractivity contribution < 1.29 is 0 Å². The molecule has 130 valence electrons. The standard InChI is InChI=1S/C23H28N2/c1-5-20(8-6-18(2)3)9-10-21-11-13-23(25-17-21)15-14-22-12-7-19(4)16-24-22/h5-8,11-13,16-17H,2,9-10,14-15H2,1,3-4H3. The van der Waals surface area contributed by atoms with Crippen LogP contribution in [0, 0.1) is 6.92 Å². The van der Waals surface area contributed by atoms with Crippen LogP contribution in [0.3, 0.4) is 0 Å². The first kappa shape index (κ1) is 18.9. The van der Waals surface area contributed by atoms with Gasteiger partial charge in [0.25, 0.3) is 0 Å². The maximum absolute atomic E-state index is 4.61. The molecule has 0 N–H and O–H groups in total. The van der Waals surface area contributed by atoms with Crippen LogP contribution in [0.15, 0.2) is 72.6 Å². The quantitative estimate of drug-likeness (QED) is 0.590. The van der Waals surface area contributed by atoms with E-state index in [2.05, 4.69) is 72.9 Å². The Morgan fingerprint density at radius 1 is 0.960 bits per heavy atom. The average Bonchev–Trinajstić information content (AvgIpc) is 2.62. The van der Waals surface area contributed by atoms with Gasteiger partial charge in [-0.25, -0.2) is 0 Å². The zero-order valence-corrected chi connectivity index (χ0v) is 15.6. The Labute approximate surface area is 152 Å². The molecule has 0 atom stereocenters. The van der Waals surface area contributed by atoms with E-state index < -0.39 is 0 Å². The molecular weight excluding hydrogens is 304 g/mol. The number of hydrogen-bond acceptors (Lipinski definition) is 2. The van der Waals surface area contributed by atoms with Crippen LogP contribution in [-0.4, -0.2) is 9.97 Å². The summed E-state index contributed by atoms with van der Waals surface area (Å²) in [6, 6.07) is 8.55. The summed E-state index contributed by atoms with van der Waals surface area (Å²) in [4.78, 5) is 9.06. The van der Waals surface area contributed by atoms with Crippen molar-refractivity contribution in [2.45, 2.75) is 46.5 Å². The Kier molecular flexibility index (Phi) is 7.34. The van der Waals surface area contributed by atoms with Crippen LogP contribution in [0.1, 0.15) is 42.8 Å². The van der Waals surface area contributed by atoms with Gasteiger partial charge in [-0.2, -0.15) is 0 Å². The van der Waals surface area contributed by atoms with Gasteiger partial charge in [0.15, 0.2) is 0 Å². The van der Waals surface area contributed by atoms with E-state index in [-0.39, 0.29) is 0 Å². The van der Waals surface area contributed by atoms with E-state index in [1.807, 2.05) is 19.3 Å². The summed E-state index contributed by atoms with van der Waals surface area (Å²) in [7, 11) is 0. The van der Waals surface area contributed by atoms with Crippen LogP contribution in [-0.2, 0) is 19.3 Å². The molecular formula is C23H28N2. The summed E-state index contributed by atoms with van der Waals surface area (Å²) in [5, 5.41) is 0. The Balaban J connectivity index is 1.84. The van der Waals surface area contributed by atoms with Gasteiger partial charge in [0.05, 0.1) is 0 Å². The summed E-state index contributed by atoms with van der Waals surface area (Å²) >= 11 is 0. The molecule has 0 saturated heterocycles. The highest BCUT2D eigenvalue weighted by molar-refractivity contribution is 5.26. The molecule has 0 aliphatic rings. The van der Waals surface area contributed by atoms with Gasteiger partial charge in [0.2, 0.25) is 0 Å². The molecule has 2 heterocycles. The molecule has 0 aliphatic heterocycles. The fraction of sp³-hybridized carbons (Fsp3) is 0.304. The molecule has 2 nitrogen and oxygen atoms in total. The largest absolute Gasteiger partial charge is 0.261 e. The minimum atomic E-state index is 0.928. The number of hydrogen-bond donors (Lipinski definition) is 0. The lowest BCUT2D eigenvalue weighted by atomic mass is 10.0. The van der Waals surface area contributed by atoms with Crippen molar-refractivity contribution in [1.29, 1.82) is 0 Å². The van der Waals surface area contributed by atoms with E-state index in [0.717, 1.165) is 42.6 Å². The Morgan fingerprint density at radius 3 is 2.16 bits per heavy atom. The number of rotatable bonds is 8. The smallest absolute Gasteiger partial charge is 0.0407 e. The fourth-order valence-electron chi connectivity index (χ4n) is 2.52. The second-order valence-corrected chi connectivity index (χ2v) is 6.53. The number of aromatic nitrogens is 2. The number of nitrogens with zero attached hydrogens (tertiary/aromatic N) is 2. The third kappa shape index (κ3) is 6.88. The Morgan fingerprint density at radius 2 is 1.64 bits per heavy atom. The zero-order valence-electron chi connectivity index (χ0n) is 15.6. The van der Waals surface area contributed by atoms with Crippen LogP contribution in [0.25, 0.3) is 0 Å². The lowest BCUT2D eigenvalue weighted by Crippen LogP contribution is -1.98. The van der Waals surface area contributed by atoms with Crippen LogP contribution in [0.2, 0.25) is 0 Å². The predicted molar refractivity (Wildman–Crippen MR) is 107 cm³/mol. The van der Waals surface area contributed by atoms with Gasteiger partial charge in [-0.05, 0) is 69.7 Å². The molecule has 0 unspecified atom stereocenters. The lowest BCUT2D eigenvalue weighted by Gasteiger charge is -2.05. The molecule has 2 heteroatoms. The zero-order chi connectivity index (χ0) is 18.1. The third-order valence-corrected chi connectivity index (χ3v) is 4.15. The maximum atomic E-state index is 4.61. The van der Waals surface area contributed by atoms with Crippen LogP contribution in [0.5, 0.6) is 0 Å². The maximum Gasteiger partial charge on any atom is 0.0407 e. The van der Waals surface area contributed by atoms with Gasteiger partial charge in [-0.15, -0.1) is 0 Å². The normalized spacial score (nSPS) is 11.9. The van der Waals surface area contributed by atoms with Gasteiger partial charge in [-0.1, -0.05) is 48.1 Å². The summed E-state index contributed by atoms with van der Waals surface area (Å²) in [6.45, 7) is 10.1. The van der Waals surface area contributed by atoms with Crippen LogP contribution in [0.4, 0.5) is 0 Å². The van der Waals surface area contributed by atoms with E-state index >= 15 is 0 Å². The first-order chi connectivity index (χ1) is 12.1. The topological polar surface area (TPSA) is 25.8 Å². The van der Waals surface area contributed by atoms with E-state index in [9.17, 15) is 0 Å². The molecule has 0 radical (unpaired) electrons. The molecule has 25 heavy (non-hydrogen) atoms. The molecule has 2 rings (SSSR count). The monoisotopic (exact) mass is 332 g/mol. The van der Waals surface area contributed by atoms with Crippen molar-refractivity contribution in [2.75, 3.05) is 0 Å². The van der Waals surface area contributed by atoms with Crippen molar-refractivity contribution in [3.05, 3.63) is 95.1 Å². The highest BCUT2D eigenvalue weighted by Gasteiger charge is 2.01. The van der Waals surface area contributed by atoms with E-state index in [1.54, 1.807) is 0 Å². The third-order valence-electron chi connectivity index (χ3n) is 4.15. The molecule has 0 aliphatic carbocycles. The van der Waals surface area contributed by atoms with Crippen molar-refractivity contribution in [1.82, 2.24) is 9.97 Å². The van der Waals surface area contributed by atoms with Gasteiger partial charge in [-0.3, -0.25) is 9.97 Å².